The van der Waals surface area contributed by atoms with Crippen LogP contribution in [0.25, 0.3) is 16.6 Å². The van der Waals surface area contributed by atoms with Gasteiger partial charge in [0.1, 0.15) is 5.65 Å². The minimum Gasteiger partial charge on any atom is -0.478 e. The molecule has 0 aliphatic heterocycles. The minimum absolute atomic E-state index is 0.202. The Morgan fingerprint density at radius 1 is 1.20 bits per heavy atom. The molecule has 0 fully saturated rings. The molecule has 4 rings (SSSR count). The van der Waals surface area contributed by atoms with E-state index in [-0.39, 0.29) is 5.56 Å². The number of anilines is 2. The largest absolute Gasteiger partial charge is 0.478 e. The van der Waals surface area contributed by atoms with Gasteiger partial charge in [0.25, 0.3) is 0 Å². The van der Waals surface area contributed by atoms with Crippen LogP contribution in [-0.2, 0) is 0 Å². The van der Waals surface area contributed by atoms with Gasteiger partial charge in [0.15, 0.2) is 0 Å². The van der Waals surface area contributed by atoms with Gasteiger partial charge in [-0.3, -0.25) is 4.40 Å². The number of aromatic carboxylic acids is 1. The molecule has 0 aliphatic carbocycles. The average molecular weight is 444 g/mol. The SMILES string of the molecule is Cc1cn2c(Nc3cccc(I)c3)nc3cc(C(=O)O)ccc3c2n1. The van der Waals surface area contributed by atoms with Gasteiger partial charge in [0, 0.05) is 20.8 Å². The Labute approximate surface area is 156 Å². The molecule has 4 aromatic rings. The van der Waals surface area contributed by atoms with Gasteiger partial charge in [-0.1, -0.05) is 6.07 Å². The molecule has 0 unspecified atom stereocenters. The number of fused-ring (bicyclic) bond motifs is 3. The van der Waals surface area contributed by atoms with Gasteiger partial charge in [-0.05, 0) is 65.9 Å². The third-order valence-electron chi connectivity index (χ3n) is 3.85. The van der Waals surface area contributed by atoms with Crippen molar-refractivity contribution in [3.8, 4) is 0 Å². The number of halogens is 1. The Bertz CT molecular complexity index is 1140. The first-order valence-corrected chi connectivity index (χ1v) is 8.64. The second-order valence-electron chi connectivity index (χ2n) is 5.68. The van der Waals surface area contributed by atoms with Crippen LogP contribution in [0.2, 0.25) is 0 Å². The molecule has 6 nitrogen and oxygen atoms in total. The molecule has 2 aromatic carbocycles. The van der Waals surface area contributed by atoms with Gasteiger partial charge in [0.2, 0.25) is 5.95 Å². The highest BCUT2D eigenvalue weighted by Crippen LogP contribution is 2.25. The fourth-order valence-corrected chi connectivity index (χ4v) is 3.29. The standard InChI is InChI=1S/C18H13IN4O2/c1-10-9-23-16(20-10)14-6-5-11(17(24)25)7-15(14)22-18(23)21-13-4-2-3-12(19)8-13/h2-9H,1H3,(H,21,22)(H,24,25). The average Bonchev–Trinajstić information content (AvgIpc) is 2.96. The molecule has 0 aliphatic rings. The second kappa shape index (κ2) is 5.99. The van der Waals surface area contributed by atoms with Crippen LogP contribution in [-0.4, -0.2) is 25.4 Å². The number of benzene rings is 2. The van der Waals surface area contributed by atoms with Crippen molar-refractivity contribution >= 4 is 56.7 Å². The van der Waals surface area contributed by atoms with Gasteiger partial charge >= 0.3 is 5.97 Å². The van der Waals surface area contributed by atoms with E-state index in [2.05, 4.69) is 37.9 Å². The van der Waals surface area contributed by atoms with Gasteiger partial charge in [-0.2, -0.15) is 0 Å². The van der Waals surface area contributed by atoms with Crippen molar-refractivity contribution in [2.45, 2.75) is 6.92 Å². The molecule has 7 heteroatoms. The fourth-order valence-electron chi connectivity index (χ4n) is 2.75. The Hall–Kier alpha value is -2.68. The van der Waals surface area contributed by atoms with E-state index >= 15 is 0 Å². The lowest BCUT2D eigenvalue weighted by molar-refractivity contribution is 0.0697. The summed E-state index contributed by atoms with van der Waals surface area (Å²) in [5.74, 6) is -0.386. The summed E-state index contributed by atoms with van der Waals surface area (Å²) < 4.78 is 2.99. The van der Waals surface area contributed by atoms with Crippen LogP contribution in [0.5, 0.6) is 0 Å². The maximum Gasteiger partial charge on any atom is 0.335 e. The number of nitrogens with zero attached hydrogens (tertiary/aromatic N) is 3. The van der Waals surface area contributed by atoms with Crippen molar-refractivity contribution in [3.63, 3.8) is 0 Å². The Kier molecular flexibility index (Phi) is 3.79. The maximum absolute atomic E-state index is 11.3. The van der Waals surface area contributed by atoms with E-state index in [0.717, 1.165) is 26.0 Å². The number of aryl methyl sites for hydroxylation is 1. The van der Waals surface area contributed by atoms with Crippen molar-refractivity contribution < 1.29 is 9.90 Å². The quantitative estimate of drug-likeness (QED) is 0.463. The number of imidazole rings is 1. The van der Waals surface area contributed by atoms with Crippen molar-refractivity contribution in [1.29, 1.82) is 0 Å². The summed E-state index contributed by atoms with van der Waals surface area (Å²) in [6.07, 6.45) is 1.91. The molecule has 0 radical (unpaired) electrons. The lowest BCUT2D eigenvalue weighted by Gasteiger charge is -2.11. The molecule has 0 atom stereocenters. The van der Waals surface area contributed by atoms with Crippen molar-refractivity contribution in [2.75, 3.05) is 5.32 Å². The topological polar surface area (TPSA) is 79.5 Å². The normalized spacial score (nSPS) is 11.1. The van der Waals surface area contributed by atoms with E-state index in [4.69, 9.17) is 0 Å². The summed E-state index contributed by atoms with van der Waals surface area (Å²) in [6.45, 7) is 1.92. The molecule has 2 aromatic heterocycles. The third-order valence-corrected chi connectivity index (χ3v) is 4.52. The van der Waals surface area contributed by atoms with Crippen LogP contribution in [0.4, 0.5) is 11.6 Å². The second-order valence-corrected chi connectivity index (χ2v) is 6.93. The van der Waals surface area contributed by atoms with E-state index in [1.165, 1.54) is 0 Å². The summed E-state index contributed by atoms with van der Waals surface area (Å²) in [6, 6.07) is 12.8. The first kappa shape index (κ1) is 15.8. The van der Waals surface area contributed by atoms with Crippen molar-refractivity contribution in [1.82, 2.24) is 14.4 Å². The van der Waals surface area contributed by atoms with E-state index in [1.807, 2.05) is 41.8 Å². The molecular formula is C18H13IN4O2. The van der Waals surface area contributed by atoms with E-state index in [0.29, 0.717) is 11.5 Å². The van der Waals surface area contributed by atoms with Crippen molar-refractivity contribution in [3.05, 3.63) is 63.5 Å². The molecule has 0 saturated carbocycles. The molecule has 0 spiro atoms. The lowest BCUT2D eigenvalue weighted by Crippen LogP contribution is -2.03. The van der Waals surface area contributed by atoms with E-state index < -0.39 is 5.97 Å². The predicted octanol–water partition coefficient (Wildman–Crippen LogP) is 4.24. The third kappa shape index (κ3) is 2.91. The Balaban J connectivity index is 1.95. The zero-order valence-corrected chi connectivity index (χ0v) is 15.4. The summed E-state index contributed by atoms with van der Waals surface area (Å²) >= 11 is 2.25. The number of aromatic nitrogens is 3. The summed E-state index contributed by atoms with van der Waals surface area (Å²) in [7, 11) is 0. The molecule has 0 amide bonds. The molecular weight excluding hydrogens is 431 g/mol. The highest BCUT2D eigenvalue weighted by Gasteiger charge is 2.13. The number of carboxylic acid groups (broad SMARTS) is 1. The zero-order chi connectivity index (χ0) is 17.6. The fraction of sp³-hybridized carbons (Fsp3) is 0.0556. The van der Waals surface area contributed by atoms with Gasteiger partial charge in [-0.15, -0.1) is 0 Å². The Morgan fingerprint density at radius 2 is 2.04 bits per heavy atom. The summed E-state index contributed by atoms with van der Waals surface area (Å²) in [5, 5.41) is 13.3. The van der Waals surface area contributed by atoms with E-state index in [1.54, 1.807) is 18.2 Å². The zero-order valence-electron chi connectivity index (χ0n) is 13.2. The molecule has 0 bridgehead atoms. The number of carboxylic acids is 1. The smallest absolute Gasteiger partial charge is 0.335 e. The van der Waals surface area contributed by atoms with Crippen LogP contribution in [0, 0.1) is 10.5 Å². The number of hydrogen-bond acceptors (Lipinski definition) is 4. The highest BCUT2D eigenvalue weighted by atomic mass is 127. The van der Waals surface area contributed by atoms with Crippen LogP contribution in [0.1, 0.15) is 16.1 Å². The molecule has 0 saturated heterocycles. The molecule has 124 valence electrons. The Morgan fingerprint density at radius 3 is 2.80 bits per heavy atom. The van der Waals surface area contributed by atoms with Gasteiger partial charge < -0.3 is 10.4 Å². The first-order chi connectivity index (χ1) is 12.0. The number of rotatable bonds is 3. The number of hydrogen-bond donors (Lipinski definition) is 2. The van der Waals surface area contributed by atoms with Gasteiger partial charge in [-0.25, -0.2) is 14.8 Å². The summed E-state index contributed by atoms with van der Waals surface area (Å²) in [4.78, 5) is 20.5. The minimum atomic E-state index is -0.977. The van der Waals surface area contributed by atoms with E-state index in [9.17, 15) is 9.90 Å². The highest BCUT2D eigenvalue weighted by molar-refractivity contribution is 14.1. The van der Waals surface area contributed by atoms with Crippen LogP contribution >= 0.6 is 22.6 Å². The lowest BCUT2D eigenvalue weighted by atomic mass is 10.1. The molecule has 2 heterocycles. The predicted molar refractivity (Wildman–Crippen MR) is 105 cm³/mol. The molecule has 25 heavy (non-hydrogen) atoms. The molecule has 2 N–H and O–H groups in total. The number of nitrogens with one attached hydrogen (secondary N) is 1. The number of carbonyl (C=O) groups is 1. The maximum atomic E-state index is 11.3. The van der Waals surface area contributed by atoms with Gasteiger partial charge in [0.05, 0.1) is 16.8 Å². The first-order valence-electron chi connectivity index (χ1n) is 7.56. The summed E-state index contributed by atoms with van der Waals surface area (Å²) in [5.41, 5.74) is 3.30. The monoisotopic (exact) mass is 444 g/mol. The van der Waals surface area contributed by atoms with Crippen LogP contribution < -0.4 is 5.32 Å². The van der Waals surface area contributed by atoms with Crippen LogP contribution in [0.3, 0.4) is 0 Å². The van der Waals surface area contributed by atoms with Crippen LogP contribution in [0.15, 0.2) is 48.7 Å². The van der Waals surface area contributed by atoms with Crippen molar-refractivity contribution in [2.24, 2.45) is 0 Å².